The van der Waals surface area contributed by atoms with Gasteiger partial charge in [-0.1, -0.05) is 0 Å². The highest BCUT2D eigenvalue weighted by Crippen LogP contribution is 1.94. The quantitative estimate of drug-likeness (QED) is 0.489. The van der Waals surface area contributed by atoms with E-state index in [4.69, 9.17) is 4.74 Å². The van der Waals surface area contributed by atoms with Crippen LogP contribution in [0.15, 0.2) is 0 Å². The van der Waals surface area contributed by atoms with Crippen LogP contribution in [-0.4, -0.2) is 45.9 Å². The Balaban J connectivity index is 3.68. The minimum atomic E-state index is -3.38. The van der Waals surface area contributed by atoms with Gasteiger partial charge in [0.25, 0.3) is 10.2 Å². The van der Waals surface area contributed by atoms with Crippen molar-refractivity contribution in [2.75, 3.05) is 27.2 Å². The molecule has 0 heterocycles. The lowest BCUT2D eigenvalue weighted by atomic mass is 10.3. The van der Waals surface area contributed by atoms with Crippen LogP contribution in [0.4, 0.5) is 0 Å². The van der Waals surface area contributed by atoms with E-state index in [2.05, 4.69) is 4.72 Å². The molecule has 0 saturated heterocycles. The zero-order valence-corrected chi connectivity index (χ0v) is 10.1. The SMILES string of the molecule is CCOC(=O)CCCNS(=O)(=O)N(C)C. The Morgan fingerprint density at radius 2 is 2.00 bits per heavy atom. The number of ether oxygens (including phenoxy) is 1. The van der Waals surface area contributed by atoms with Gasteiger partial charge in [-0.05, 0) is 13.3 Å². The molecule has 0 rings (SSSR count). The van der Waals surface area contributed by atoms with Crippen LogP contribution in [-0.2, 0) is 19.7 Å². The predicted octanol–water partition coefficient (Wildman–Crippen LogP) is -0.274. The molecule has 0 aromatic rings. The number of hydrogen-bond acceptors (Lipinski definition) is 4. The van der Waals surface area contributed by atoms with Crippen molar-refractivity contribution in [1.82, 2.24) is 9.03 Å². The van der Waals surface area contributed by atoms with Crippen LogP contribution in [0.5, 0.6) is 0 Å². The molecular weight excluding hydrogens is 220 g/mol. The normalized spacial score (nSPS) is 11.7. The van der Waals surface area contributed by atoms with E-state index < -0.39 is 10.2 Å². The molecule has 6 nitrogen and oxygen atoms in total. The molecule has 0 aromatic heterocycles. The third kappa shape index (κ3) is 6.43. The number of nitrogens with zero attached hydrogens (tertiary/aromatic N) is 1. The fourth-order valence-corrected chi connectivity index (χ4v) is 1.46. The lowest BCUT2D eigenvalue weighted by molar-refractivity contribution is -0.143. The summed E-state index contributed by atoms with van der Waals surface area (Å²) in [5.41, 5.74) is 0. The molecule has 0 fully saturated rings. The van der Waals surface area contributed by atoms with Crippen molar-refractivity contribution in [3.63, 3.8) is 0 Å². The maximum Gasteiger partial charge on any atom is 0.305 e. The summed E-state index contributed by atoms with van der Waals surface area (Å²) in [6, 6.07) is 0. The van der Waals surface area contributed by atoms with Gasteiger partial charge in [0.1, 0.15) is 0 Å². The Kier molecular flexibility index (Phi) is 6.46. The van der Waals surface area contributed by atoms with E-state index in [1.807, 2.05) is 0 Å². The van der Waals surface area contributed by atoms with E-state index in [1.165, 1.54) is 14.1 Å². The predicted molar refractivity (Wildman–Crippen MR) is 56.5 cm³/mol. The molecule has 0 saturated carbocycles. The molecule has 0 atom stereocenters. The smallest absolute Gasteiger partial charge is 0.305 e. The van der Waals surface area contributed by atoms with E-state index in [9.17, 15) is 13.2 Å². The molecule has 0 aliphatic rings. The van der Waals surface area contributed by atoms with Gasteiger partial charge in [-0.25, -0.2) is 4.72 Å². The van der Waals surface area contributed by atoms with E-state index in [0.29, 0.717) is 13.0 Å². The second-order valence-electron chi connectivity index (χ2n) is 3.09. The lowest BCUT2D eigenvalue weighted by Crippen LogP contribution is -2.36. The minimum absolute atomic E-state index is 0.226. The summed E-state index contributed by atoms with van der Waals surface area (Å²) in [5.74, 6) is -0.304. The molecule has 1 N–H and O–H groups in total. The molecular formula is C8H18N2O4S. The highest BCUT2D eigenvalue weighted by molar-refractivity contribution is 7.87. The first-order valence-corrected chi connectivity index (χ1v) is 6.17. The fourth-order valence-electron chi connectivity index (χ4n) is 0.796. The standard InChI is InChI=1S/C8H18N2O4S/c1-4-14-8(11)6-5-7-9-15(12,13)10(2)3/h9H,4-7H2,1-3H3. The van der Waals surface area contributed by atoms with Gasteiger partial charge in [-0.3, -0.25) is 4.79 Å². The van der Waals surface area contributed by atoms with Crippen LogP contribution in [0.3, 0.4) is 0 Å². The Bertz CT molecular complexity index is 287. The summed E-state index contributed by atoms with van der Waals surface area (Å²) < 4.78 is 30.5. The third-order valence-corrected chi connectivity index (χ3v) is 3.16. The van der Waals surface area contributed by atoms with E-state index in [1.54, 1.807) is 6.92 Å². The third-order valence-electron chi connectivity index (χ3n) is 1.63. The molecule has 0 unspecified atom stereocenters. The number of carbonyl (C=O) groups is 1. The summed E-state index contributed by atoms with van der Waals surface area (Å²) in [6.45, 7) is 2.31. The van der Waals surface area contributed by atoms with Crippen molar-refractivity contribution >= 4 is 16.2 Å². The van der Waals surface area contributed by atoms with E-state index in [-0.39, 0.29) is 18.9 Å². The highest BCUT2D eigenvalue weighted by Gasteiger charge is 2.11. The molecule has 90 valence electrons. The van der Waals surface area contributed by atoms with Crippen molar-refractivity contribution < 1.29 is 17.9 Å². The van der Waals surface area contributed by atoms with Crippen LogP contribution in [0.25, 0.3) is 0 Å². The molecule has 0 spiro atoms. The average Bonchev–Trinajstić information content (AvgIpc) is 2.13. The summed E-state index contributed by atoms with van der Waals surface area (Å²) in [5, 5.41) is 0. The molecule has 15 heavy (non-hydrogen) atoms. The number of rotatable bonds is 7. The summed E-state index contributed by atoms with van der Waals surface area (Å²) in [7, 11) is -0.501. The van der Waals surface area contributed by atoms with Gasteiger partial charge in [0.2, 0.25) is 0 Å². The molecule has 0 amide bonds. The van der Waals surface area contributed by atoms with Crippen molar-refractivity contribution in [1.29, 1.82) is 0 Å². The van der Waals surface area contributed by atoms with E-state index >= 15 is 0 Å². The Hall–Kier alpha value is -0.660. The monoisotopic (exact) mass is 238 g/mol. The van der Waals surface area contributed by atoms with Crippen molar-refractivity contribution in [2.24, 2.45) is 0 Å². The van der Waals surface area contributed by atoms with Crippen molar-refractivity contribution in [3.05, 3.63) is 0 Å². The largest absolute Gasteiger partial charge is 0.466 e. The van der Waals surface area contributed by atoms with Crippen LogP contribution in [0.2, 0.25) is 0 Å². The summed E-state index contributed by atoms with van der Waals surface area (Å²) >= 11 is 0. The first-order chi connectivity index (χ1) is 6.90. The second-order valence-corrected chi connectivity index (χ2v) is 5.06. The number of carbonyl (C=O) groups excluding carboxylic acids is 1. The van der Waals surface area contributed by atoms with Gasteiger partial charge < -0.3 is 4.74 Å². The summed E-state index contributed by atoms with van der Waals surface area (Å²) in [4.78, 5) is 10.9. The first kappa shape index (κ1) is 14.3. The second kappa shape index (κ2) is 6.76. The number of nitrogens with one attached hydrogen (secondary N) is 1. The van der Waals surface area contributed by atoms with Crippen molar-refractivity contribution in [3.8, 4) is 0 Å². The van der Waals surface area contributed by atoms with Gasteiger partial charge in [0.05, 0.1) is 6.61 Å². The molecule has 0 aliphatic carbocycles. The minimum Gasteiger partial charge on any atom is -0.466 e. The summed E-state index contributed by atoms with van der Waals surface area (Å²) in [6.07, 6.45) is 0.662. The topological polar surface area (TPSA) is 75.7 Å². The van der Waals surface area contributed by atoms with Gasteiger partial charge in [0, 0.05) is 27.1 Å². The van der Waals surface area contributed by atoms with Gasteiger partial charge in [-0.2, -0.15) is 12.7 Å². The Morgan fingerprint density at radius 1 is 1.40 bits per heavy atom. The van der Waals surface area contributed by atoms with Crippen LogP contribution >= 0.6 is 0 Å². The molecule has 7 heteroatoms. The molecule has 0 bridgehead atoms. The van der Waals surface area contributed by atoms with Gasteiger partial charge >= 0.3 is 5.97 Å². The Morgan fingerprint density at radius 3 is 2.47 bits per heavy atom. The number of esters is 1. The van der Waals surface area contributed by atoms with E-state index in [0.717, 1.165) is 4.31 Å². The zero-order chi connectivity index (χ0) is 11.9. The molecule has 0 aliphatic heterocycles. The average molecular weight is 238 g/mol. The number of hydrogen-bond donors (Lipinski definition) is 1. The first-order valence-electron chi connectivity index (χ1n) is 4.73. The maximum absolute atomic E-state index is 11.2. The fraction of sp³-hybridized carbons (Fsp3) is 0.875. The van der Waals surface area contributed by atoms with Gasteiger partial charge in [-0.15, -0.1) is 0 Å². The van der Waals surface area contributed by atoms with Crippen LogP contribution in [0, 0.1) is 0 Å². The van der Waals surface area contributed by atoms with Gasteiger partial charge in [0.15, 0.2) is 0 Å². The van der Waals surface area contributed by atoms with Crippen LogP contribution in [0.1, 0.15) is 19.8 Å². The Labute approximate surface area is 90.8 Å². The van der Waals surface area contributed by atoms with Crippen molar-refractivity contribution in [2.45, 2.75) is 19.8 Å². The lowest BCUT2D eigenvalue weighted by Gasteiger charge is -2.11. The molecule has 0 aromatic carbocycles. The maximum atomic E-state index is 11.2. The molecule has 0 radical (unpaired) electrons. The highest BCUT2D eigenvalue weighted by atomic mass is 32.2. The van der Waals surface area contributed by atoms with Crippen LogP contribution < -0.4 is 4.72 Å². The zero-order valence-electron chi connectivity index (χ0n) is 9.32.